The molecule has 0 saturated carbocycles. The number of nitriles is 1. The Bertz CT molecular complexity index is 1170. The van der Waals surface area contributed by atoms with Gasteiger partial charge in [0.2, 0.25) is 5.95 Å². The van der Waals surface area contributed by atoms with Gasteiger partial charge in [-0.3, -0.25) is 9.78 Å². The average molecular weight is 422 g/mol. The van der Waals surface area contributed by atoms with Gasteiger partial charge < -0.3 is 24.3 Å². The zero-order valence-corrected chi connectivity index (χ0v) is 17.6. The zero-order valence-electron chi connectivity index (χ0n) is 17.6. The van der Waals surface area contributed by atoms with Crippen LogP contribution in [0.15, 0.2) is 41.2 Å². The van der Waals surface area contributed by atoms with Crippen molar-refractivity contribution in [2.24, 2.45) is 0 Å². The quantitative estimate of drug-likeness (QED) is 0.569. The average Bonchev–Trinajstić information content (AvgIpc) is 2.81. The Labute approximate surface area is 179 Å². The number of methoxy groups -OCH3 is 4. The largest absolute Gasteiger partial charge is 0.497 e. The molecule has 0 atom stereocenters. The number of benzene rings is 2. The first-order chi connectivity index (χ1) is 15.0. The van der Waals surface area contributed by atoms with Crippen LogP contribution < -0.4 is 29.8 Å². The lowest BCUT2D eigenvalue weighted by Crippen LogP contribution is -2.17. The van der Waals surface area contributed by atoms with Gasteiger partial charge in [-0.25, -0.2) is 4.98 Å². The molecule has 3 aromatic rings. The van der Waals surface area contributed by atoms with Gasteiger partial charge in [0.1, 0.15) is 23.1 Å². The molecule has 3 rings (SSSR count). The van der Waals surface area contributed by atoms with Gasteiger partial charge in [-0.05, 0) is 30.3 Å². The van der Waals surface area contributed by atoms with E-state index in [2.05, 4.69) is 15.3 Å². The minimum Gasteiger partial charge on any atom is -0.497 e. The molecule has 0 fully saturated rings. The van der Waals surface area contributed by atoms with E-state index in [1.54, 1.807) is 64.8 Å². The highest BCUT2D eigenvalue weighted by molar-refractivity contribution is 5.67. The van der Waals surface area contributed by atoms with Crippen molar-refractivity contribution >= 4 is 5.95 Å². The predicted molar refractivity (Wildman–Crippen MR) is 115 cm³/mol. The number of ether oxygens (including phenoxy) is 4. The third-order valence-corrected chi connectivity index (χ3v) is 4.63. The minimum atomic E-state index is -0.537. The predicted octanol–water partition coefficient (Wildman–Crippen LogP) is 2.96. The number of nitrogens with one attached hydrogen (secondary N) is 2. The van der Waals surface area contributed by atoms with Crippen molar-refractivity contribution in [3.05, 3.63) is 57.9 Å². The van der Waals surface area contributed by atoms with Gasteiger partial charge in [-0.1, -0.05) is 0 Å². The number of rotatable bonds is 8. The van der Waals surface area contributed by atoms with Gasteiger partial charge in [0.05, 0.1) is 34.1 Å². The van der Waals surface area contributed by atoms with Crippen LogP contribution in [0.25, 0.3) is 11.3 Å². The Kier molecular flexibility index (Phi) is 6.62. The van der Waals surface area contributed by atoms with E-state index < -0.39 is 5.56 Å². The molecule has 0 saturated heterocycles. The third-order valence-electron chi connectivity index (χ3n) is 4.63. The van der Waals surface area contributed by atoms with E-state index >= 15 is 0 Å². The van der Waals surface area contributed by atoms with Crippen LogP contribution in [0.4, 0.5) is 5.95 Å². The molecule has 0 radical (unpaired) electrons. The van der Waals surface area contributed by atoms with Crippen molar-refractivity contribution in [1.82, 2.24) is 9.97 Å². The van der Waals surface area contributed by atoms with E-state index in [4.69, 9.17) is 18.9 Å². The third kappa shape index (κ3) is 4.53. The smallest absolute Gasteiger partial charge is 0.270 e. The van der Waals surface area contributed by atoms with Crippen molar-refractivity contribution in [3.63, 3.8) is 0 Å². The first-order valence-corrected chi connectivity index (χ1v) is 9.26. The van der Waals surface area contributed by atoms with Crippen LogP contribution in [0.2, 0.25) is 0 Å². The van der Waals surface area contributed by atoms with Gasteiger partial charge in [0.15, 0.2) is 11.5 Å². The van der Waals surface area contributed by atoms with Gasteiger partial charge in [-0.15, -0.1) is 0 Å². The molecule has 0 bridgehead atoms. The van der Waals surface area contributed by atoms with Crippen LogP contribution in [-0.2, 0) is 6.54 Å². The minimum absolute atomic E-state index is 0.0700. The highest BCUT2D eigenvalue weighted by Crippen LogP contribution is 2.35. The number of aromatic amines is 1. The molecule has 0 aliphatic rings. The molecular formula is C22H22N4O5. The molecule has 1 heterocycles. The Hall–Kier alpha value is -4.19. The Morgan fingerprint density at radius 1 is 0.968 bits per heavy atom. The van der Waals surface area contributed by atoms with Gasteiger partial charge in [0, 0.05) is 23.7 Å². The van der Waals surface area contributed by atoms with Gasteiger partial charge in [-0.2, -0.15) is 5.26 Å². The Balaban J connectivity index is 1.95. The summed E-state index contributed by atoms with van der Waals surface area (Å²) < 4.78 is 21.2. The maximum atomic E-state index is 12.5. The lowest BCUT2D eigenvalue weighted by molar-refractivity contribution is 0.347. The standard InChI is InChI=1S/C22H22N4O5/c1-28-15-7-5-13(6-8-15)20-16(11-23)21(27)26-22(25-20)24-12-14-9-18(30-3)19(31-4)10-17(14)29-2/h5-10H,12H2,1-4H3,(H2,24,25,26,27). The molecule has 0 unspecified atom stereocenters. The van der Waals surface area contributed by atoms with Crippen LogP contribution in [0.5, 0.6) is 23.0 Å². The van der Waals surface area contributed by atoms with Crippen molar-refractivity contribution in [2.45, 2.75) is 6.54 Å². The fraction of sp³-hybridized carbons (Fsp3) is 0.227. The number of H-pyrrole nitrogens is 1. The number of anilines is 1. The number of hydrogen-bond acceptors (Lipinski definition) is 8. The summed E-state index contributed by atoms with van der Waals surface area (Å²) in [6, 6.07) is 12.4. The molecule has 1 aromatic heterocycles. The highest BCUT2D eigenvalue weighted by Gasteiger charge is 2.15. The molecule has 9 nitrogen and oxygen atoms in total. The van der Waals surface area contributed by atoms with Crippen molar-refractivity contribution in [2.75, 3.05) is 33.8 Å². The first kappa shape index (κ1) is 21.5. The van der Waals surface area contributed by atoms with Crippen molar-refractivity contribution in [1.29, 1.82) is 5.26 Å². The van der Waals surface area contributed by atoms with Crippen LogP contribution in [0, 0.1) is 11.3 Å². The summed E-state index contributed by atoms with van der Waals surface area (Å²) in [4.78, 5) is 19.5. The summed E-state index contributed by atoms with van der Waals surface area (Å²) in [7, 11) is 6.20. The Morgan fingerprint density at radius 3 is 2.19 bits per heavy atom. The summed E-state index contributed by atoms with van der Waals surface area (Å²) in [6.07, 6.45) is 0. The molecule has 0 amide bonds. The van der Waals surface area contributed by atoms with Gasteiger partial charge >= 0.3 is 0 Å². The molecule has 2 aromatic carbocycles. The summed E-state index contributed by atoms with van der Waals surface area (Å²) in [5, 5.41) is 12.5. The van der Waals surface area contributed by atoms with Crippen LogP contribution in [0.1, 0.15) is 11.1 Å². The maximum absolute atomic E-state index is 12.5. The SMILES string of the molecule is COc1ccc(-c2nc(NCc3cc(OC)c(OC)cc3OC)[nH]c(=O)c2C#N)cc1. The van der Waals surface area contributed by atoms with Crippen LogP contribution in [0.3, 0.4) is 0 Å². The maximum Gasteiger partial charge on any atom is 0.270 e. The molecule has 0 aliphatic carbocycles. The molecule has 2 N–H and O–H groups in total. The van der Waals surface area contributed by atoms with Crippen molar-refractivity contribution < 1.29 is 18.9 Å². The molecule has 31 heavy (non-hydrogen) atoms. The van der Waals surface area contributed by atoms with E-state index in [1.165, 1.54) is 0 Å². The van der Waals surface area contributed by atoms with E-state index in [1.807, 2.05) is 6.07 Å². The fourth-order valence-electron chi connectivity index (χ4n) is 3.03. The molecule has 0 spiro atoms. The first-order valence-electron chi connectivity index (χ1n) is 9.26. The second-order valence-corrected chi connectivity index (χ2v) is 6.35. The normalized spacial score (nSPS) is 10.2. The summed E-state index contributed by atoms with van der Waals surface area (Å²) in [5.74, 6) is 2.53. The summed E-state index contributed by atoms with van der Waals surface area (Å²) >= 11 is 0. The number of hydrogen-bond donors (Lipinski definition) is 2. The summed E-state index contributed by atoms with van der Waals surface area (Å²) in [6.45, 7) is 0.278. The molecule has 9 heteroatoms. The number of nitrogens with zero attached hydrogens (tertiary/aromatic N) is 2. The van der Waals surface area contributed by atoms with E-state index in [0.717, 1.165) is 5.56 Å². The van der Waals surface area contributed by atoms with E-state index in [9.17, 15) is 10.1 Å². The molecule has 0 aliphatic heterocycles. The Morgan fingerprint density at radius 2 is 1.61 bits per heavy atom. The second kappa shape index (κ2) is 9.54. The van der Waals surface area contributed by atoms with Crippen molar-refractivity contribution in [3.8, 4) is 40.3 Å². The molecule has 160 valence electrons. The topological polar surface area (TPSA) is 118 Å². The summed E-state index contributed by atoms with van der Waals surface area (Å²) in [5.41, 5.74) is 1.05. The highest BCUT2D eigenvalue weighted by atomic mass is 16.5. The van der Waals surface area contributed by atoms with E-state index in [0.29, 0.717) is 28.6 Å². The lowest BCUT2D eigenvalue weighted by Gasteiger charge is -2.15. The second-order valence-electron chi connectivity index (χ2n) is 6.35. The zero-order chi connectivity index (χ0) is 22.4. The van der Waals surface area contributed by atoms with Crippen LogP contribution >= 0.6 is 0 Å². The van der Waals surface area contributed by atoms with E-state index in [-0.39, 0.29) is 23.8 Å². The number of aromatic nitrogens is 2. The van der Waals surface area contributed by atoms with Crippen LogP contribution in [-0.4, -0.2) is 38.4 Å². The molecular weight excluding hydrogens is 400 g/mol. The monoisotopic (exact) mass is 422 g/mol. The fourth-order valence-corrected chi connectivity index (χ4v) is 3.03. The van der Waals surface area contributed by atoms with Gasteiger partial charge in [0.25, 0.3) is 5.56 Å². The lowest BCUT2D eigenvalue weighted by atomic mass is 10.1.